The Balaban J connectivity index is 1.20. The number of nitrogens with one attached hydrogen (secondary N) is 1. The van der Waals surface area contributed by atoms with Gasteiger partial charge >= 0.3 is 0 Å². The first-order valence-electron chi connectivity index (χ1n) is 10.1. The predicted octanol–water partition coefficient (Wildman–Crippen LogP) is 2.65. The third-order valence-corrected chi connectivity index (χ3v) is 5.70. The molecule has 0 bridgehead atoms. The molecule has 7 heteroatoms. The SMILES string of the molecule is CC(NC(=O)c1cc2n(n1)CCC2)C1CN(C(=O)C/C=C/c2ccc(F)cc2)C1. The summed E-state index contributed by atoms with van der Waals surface area (Å²) in [6.45, 7) is 4.14. The molecule has 1 atom stereocenters. The third-order valence-electron chi connectivity index (χ3n) is 5.70. The molecule has 4 rings (SSSR count). The minimum atomic E-state index is -0.275. The van der Waals surface area contributed by atoms with Gasteiger partial charge in [0.2, 0.25) is 5.91 Å². The van der Waals surface area contributed by atoms with Crippen LogP contribution < -0.4 is 5.32 Å². The second kappa shape index (κ2) is 8.19. The summed E-state index contributed by atoms with van der Waals surface area (Å²) in [4.78, 5) is 26.5. The number of carbonyl (C=O) groups excluding carboxylic acids is 2. The summed E-state index contributed by atoms with van der Waals surface area (Å²) >= 11 is 0. The molecular formula is C22H25FN4O2. The van der Waals surface area contributed by atoms with E-state index >= 15 is 0 Å². The van der Waals surface area contributed by atoms with Crippen LogP contribution in [0.2, 0.25) is 0 Å². The van der Waals surface area contributed by atoms with Crippen LogP contribution in [0, 0.1) is 11.7 Å². The maximum absolute atomic E-state index is 12.9. The molecule has 29 heavy (non-hydrogen) atoms. The molecule has 1 fully saturated rings. The molecule has 0 saturated carbocycles. The molecule has 152 valence electrons. The molecule has 2 amide bonds. The van der Waals surface area contributed by atoms with Gasteiger partial charge in [-0.15, -0.1) is 0 Å². The first-order valence-corrected chi connectivity index (χ1v) is 10.1. The number of hydrogen-bond donors (Lipinski definition) is 1. The van der Waals surface area contributed by atoms with Crippen molar-refractivity contribution in [2.75, 3.05) is 13.1 Å². The van der Waals surface area contributed by atoms with Crippen LogP contribution in [0.15, 0.2) is 36.4 Å². The summed E-state index contributed by atoms with van der Waals surface area (Å²) in [5.74, 6) is -0.114. The van der Waals surface area contributed by atoms with E-state index in [1.54, 1.807) is 23.1 Å². The molecule has 0 spiro atoms. The number of likely N-dealkylation sites (tertiary alicyclic amines) is 1. The highest BCUT2D eigenvalue weighted by Crippen LogP contribution is 2.21. The van der Waals surface area contributed by atoms with Gasteiger partial charge in [0.15, 0.2) is 0 Å². The van der Waals surface area contributed by atoms with Gasteiger partial charge in [-0.25, -0.2) is 4.39 Å². The second-order valence-corrected chi connectivity index (χ2v) is 7.83. The number of fused-ring (bicyclic) bond motifs is 1. The number of amides is 2. The van der Waals surface area contributed by atoms with Crippen molar-refractivity contribution in [3.8, 4) is 0 Å². The highest BCUT2D eigenvalue weighted by Gasteiger charge is 2.34. The van der Waals surface area contributed by atoms with E-state index in [1.165, 1.54) is 12.1 Å². The average molecular weight is 396 g/mol. The lowest BCUT2D eigenvalue weighted by atomic mass is 9.92. The summed E-state index contributed by atoms with van der Waals surface area (Å²) in [6, 6.07) is 8.00. The third kappa shape index (κ3) is 4.39. The monoisotopic (exact) mass is 396 g/mol. The van der Waals surface area contributed by atoms with Gasteiger partial charge in [0.1, 0.15) is 11.5 Å². The average Bonchev–Trinajstić information content (AvgIpc) is 3.24. The Morgan fingerprint density at radius 2 is 2.07 bits per heavy atom. The van der Waals surface area contributed by atoms with Crippen molar-refractivity contribution in [3.63, 3.8) is 0 Å². The summed E-state index contributed by atoms with van der Waals surface area (Å²) in [5, 5.41) is 7.38. The van der Waals surface area contributed by atoms with Gasteiger partial charge in [0, 0.05) is 43.7 Å². The number of hydrogen-bond acceptors (Lipinski definition) is 3. The maximum Gasteiger partial charge on any atom is 0.272 e. The van der Waals surface area contributed by atoms with Crippen LogP contribution in [0.5, 0.6) is 0 Å². The zero-order valence-electron chi connectivity index (χ0n) is 16.5. The van der Waals surface area contributed by atoms with Crippen LogP contribution in [-0.2, 0) is 17.8 Å². The molecule has 6 nitrogen and oxygen atoms in total. The molecular weight excluding hydrogens is 371 g/mol. The largest absolute Gasteiger partial charge is 0.348 e. The van der Waals surface area contributed by atoms with E-state index in [2.05, 4.69) is 10.4 Å². The second-order valence-electron chi connectivity index (χ2n) is 7.83. The van der Waals surface area contributed by atoms with E-state index in [0.717, 1.165) is 30.6 Å². The Kier molecular flexibility index (Phi) is 5.47. The van der Waals surface area contributed by atoms with E-state index in [0.29, 0.717) is 25.2 Å². The Morgan fingerprint density at radius 1 is 1.31 bits per heavy atom. The molecule has 1 saturated heterocycles. The van der Waals surface area contributed by atoms with Crippen LogP contribution in [0.1, 0.15) is 41.5 Å². The van der Waals surface area contributed by atoms with Gasteiger partial charge in [0.25, 0.3) is 5.91 Å². The van der Waals surface area contributed by atoms with Crippen molar-refractivity contribution in [1.29, 1.82) is 0 Å². The number of nitrogens with zero attached hydrogens (tertiary/aromatic N) is 3. The van der Waals surface area contributed by atoms with Crippen molar-refractivity contribution < 1.29 is 14.0 Å². The number of halogens is 1. The lowest BCUT2D eigenvalue weighted by Crippen LogP contribution is -2.57. The van der Waals surface area contributed by atoms with E-state index in [4.69, 9.17) is 0 Å². The molecule has 2 aliphatic heterocycles. The van der Waals surface area contributed by atoms with Crippen molar-refractivity contribution in [2.45, 2.75) is 38.8 Å². The van der Waals surface area contributed by atoms with Crippen LogP contribution in [-0.4, -0.2) is 45.6 Å². The Bertz CT molecular complexity index is 907. The first kappa shape index (κ1) is 19.4. The minimum Gasteiger partial charge on any atom is -0.348 e. The summed E-state index contributed by atoms with van der Waals surface area (Å²) in [6.07, 6.45) is 5.99. The smallest absolute Gasteiger partial charge is 0.272 e. The van der Waals surface area contributed by atoms with Crippen molar-refractivity contribution in [2.24, 2.45) is 5.92 Å². The molecule has 2 aliphatic rings. The van der Waals surface area contributed by atoms with Crippen molar-refractivity contribution in [3.05, 3.63) is 59.2 Å². The summed E-state index contributed by atoms with van der Waals surface area (Å²) in [5.41, 5.74) is 2.46. The Hall–Kier alpha value is -2.96. The Labute approximate surface area is 169 Å². The van der Waals surface area contributed by atoms with Gasteiger partial charge in [-0.05, 0) is 43.5 Å². The number of carbonyl (C=O) groups is 2. The molecule has 1 aromatic heterocycles. The molecule has 2 aromatic rings. The summed E-state index contributed by atoms with van der Waals surface area (Å²) in [7, 11) is 0. The van der Waals surface area contributed by atoms with Crippen molar-refractivity contribution >= 4 is 17.9 Å². The number of aryl methyl sites for hydroxylation is 2. The molecule has 0 radical (unpaired) electrons. The molecule has 1 aromatic carbocycles. The minimum absolute atomic E-state index is 0.0159. The molecule has 1 N–H and O–H groups in total. The maximum atomic E-state index is 12.9. The van der Waals surface area contributed by atoms with Crippen molar-refractivity contribution in [1.82, 2.24) is 20.0 Å². The number of aromatic nitrogens is 2. The van der Waals surface area contributed by atoms with Crippen LogP contribution in [0.4, 0.5) is 4.39 Å². The quantitative estimate of drug-likeness (QED) is 0.816. The predicted molar refractivity (Wildman–Crippen MR) is 108 cm³/mol. The lowest BCUT2D eigenvalue weighted by molar-refractivity contribution is -0.137. The van der Waals surface area contributed by atoms with E-state index in [1.807, 2.05) is 23.7 Å². The van der Waals surface area contributed by atoms with Gasteiger partial charge in [-0.3, -0.25) is 14.3 Å². The molecule has 0 aliphatic carbocycles. The highest BCUT2D eigenvalue weighted by molar-refractivity contribution is 5.92. The van der Waals surface area contributed by atoms with Gasteiger partial charge < -0.3 is 10.2 Å². The molecule has 3 heterocycles. The van der Waals surface area contributed by atoms with Gasteiger partial charge in [0.05, 0.1) is 0 Å². The fourth-order valence-corrected chi connectivity index (χ4v) is 3.80. The van der Waals surface area contributed by atoms with E-state index in [9.17, 15) is 14.0 Å². The fraction of sp³-hybridized carbons (Fsp3) is 0.409. The summed E-state index contributed by atoms with van der Waals surface area (Å²) < 4.78 is 14.8. The van der Waals surface area contributed by atoms with Gasteiger partial charge in [-0.1, -0.05) is 24.3 Å². The van der Waals surface area contributed by atoms with E-state index in [-0.39, 0.29) is 29.6 Å². The van der Waals surface area contributed by atoms with Crippen LogP contribution in [0.25, 0.3) is 6.08 Å². The van der Waals surface area contributed by atoms with Crippen LogP contribution in [0.3, 0.4) is 0 Å². The number of rotatable bonds is 6. The Morgan fingerprint density at radius 3 is 2.79 bits per heavy atom. The van der Waals surface area contributed by atoms with E-state index < -0.39 is 0 Å². The van der Waals surface area contributed by atoms with Gasteiger partial charge in [-0.2, -0.15) is 5.10 Å². The fourth-order valence-electron chi connectivity index (χ4n) is 3.80. The van der Waals surface area contributed by atoms with Crippen LogP contribution >= 0.6 is 0 Å². The zero-order chi connectivity index (χ0) is 20.4. The molecule has 1 unspecified atom stereocenters. The topological polar surface area (TPSA) is 67.2 Å². The normalized spacial score (nSPS) is 17.2. The number of benzene rings is 1. The standard InChI is InChI=1S/C22H25FN4O2/c1-15(24-22(29)20-12-19-5-3-11-27(19)25-20)17-13-26(14-17)21(28)6-2-4-16-7-9-18(23)10-8-16/h2,4,7-10,12,15,17H,3,5-6,11,13-14H2,1H3,(H,24,29)/b4-2+. The first-order chi connectivity index (χ1) is 14.0. The lowest BCUT2D eigenvalue weighted by Gasteiger charge is -2.42. The zero-order valence-corrected chi connectivity index (χ0v) is 16.5. The highest BCUT2D eigenvalue weighted by atomic mass is 19.1.